The van der Waals surface area contributed by atoms with E-state index in [1.54, 1.807) is 24.3 Å². The van der Waals surface area contributed by atoms with Crippen LogP contribution in [0.3, 0.4) is 0 Å². The Bertz CT molecular complexity index is 499. The summed E-state index contributed by atoms with van der Waals surface area (Å²) in [4.78, 5) is 12.9. The van der Waals surface area contributed by atoms with E-state index >= 15 is 0 Å². The number of benzene rings is 1. The van der Waals surface area contributed by atoms with Crippen molar-refractivity contribution >= 4 is 5.91 Å². The van der Waals surface area contributed by atoms with Gasteiger partial charge in [-0.2, -0.15) is 0 Å². The fraction of sp³-hybridized carbons (Fsp3) is 0.308. The molecular formula is C13H15NO5. The third-order valence-corrected chi connectivity index (χ3v) is 3.07. The molecule has 0 spiro atoms. The van der Waals surface area contributed by atoms with Crippen molar-refractivity contribution in [2.75, 3.05) is 6.61 Å². The van der Waals surface area contributed by atoms with Gasteiger partial charge in [-0.05, 0) is 5.56 Å². The summed E-state index contributed by atoms with van der Waals surface area (Å²) >= 11 is 0. The van der Waals surface area contributed by atoms with Crippen LogP contribution < -0.4 is 0 Å². The van der Waals surface area contributed by atoms with Gasteiger partial charge in [0.2, 0.25) is 5.76 Å². The average molecular weight is 265 g/mol. The molecule has 0 aliphatic carbocycles. The third-order valence-electron chi connectivity index (χ3n) is 3.07. The normalized spacial score (nSPS) is 21.1. The number of aliphatic hydroxyl groups is 4. The summed E-state index contributed by atoms with van der Waals surface area (Å²) in [6.07, 6.45) is -1.35. The molecule has 1 aliphatic heterocycles. The topological polar surface area (TPSA) is 101 Å². The minimum absolute atomic E-state index is 0.121. The molecule has 1 aromatic carbocycles. The summed E-state index contributed by atoms with van der Waals surface area (Å²) in [5.41, 5.74) is 0.786. The largest absolute Gasteiger partial charge is 0.506 e. The van der Waals surface area contributed by atoms with Gasteiger partial charge in [0.15, 0.2) is 5.76 Å². The first kappa shape index (κ1) is 13.4. The van der Waals surface area contributed by atoms with Gasteiger partial charge in [-0.25, -0.2) is 0 Å². The molecule has 0 aromatic heterocycles. The van der Waals surface area contributed by atoms with Crippen LogP contribution in [0.2, 0.25) is 0 Å². The van der Waals surface area contributed by atoms with Gasteiger partial charge in [0.25, 0.3) is 5.91 Å². The summed E-state index contributed by atoms with van der Waals surface area (Å²) in [6, 6.07) is 7.84. The van der Waals surface area contributed by atoms with Gasteiger partial charge in [-0.3, -0.25) is 4.79 Å². The molecule has 102 valence electrons. The maximum absolute atomic E-state index is 11.8. The second-order valence-electron chi connectivity index (χ2n) is 4.35. The fourth-order valence-corrected chi connectivity index (χ4v) is 2.10. The molecule has 0 saturated heterocycles. The number of carbonyl (C=O) groups is 1. The predicted octanol–water partition coefficient (Wildman–Crippen LogP) is 0.0782. The number of hydrogen-bond donors (Lipinski definition) is 4. The Kier molecular flexibility index (Phi) is 3.73. The average Bonchev–Trinajstić information content (AvgIpc) is 2.64. The third kappa shape index (κ3) is 2.40. The fourth-order valence-electron chi connectivity index (χ4n) is 2.10. The molecule has 19 heavy (non-hydrogen) atoms. The lowest BCUT2D eigenvalue weighted by Gasteiger charge is -2.27. The first-order valence-electron chi connectivity index (χ1n) is 5.82. The summed E-state index contributed by atoms with van der Waals surface area (Å²) in [7, 11) is 0. The molecule has 1 aliphatic rings. The SMILES string of the molecule is O=C1C(O)=C(O)[C@@H]([C@@H](O)CO)N1Cc1ccccc1. The molecule has 2 rings (SSSR count). The van der Waals surface area contributed by atoms with Crippen LogP contribution in [0, 0.1) is 0 Å². The number of hydrogen-bond acceptors (Lipinski definition) is 5. The van der Waals surface area contributed by atoms with Crippen molar-refractivity contribution in [3.8, 4) is 0 Å². The molecule has 6 heteroatoms. The molecule has 1 heterocycles. The lowest BCUT2D eigenvalue weighted by atomic mass is 10.1. The van der Waals surface area contributed by atoms with Crippen LogP contribution in [0.15, 0.2) is 41.9 Å². The Hall–Kier alpha value is -2.05. The van der Waals surface area contributed by atoms with E-state index in [-0.39, 0.29) is 6.54 Å². The highest BCUT2D eigenvalue weighted by Crippen LogP contribution is 2.26. The van der Waals surface area contributed by atoms with E-state index in [0.29, 0.717) is 0 Å². The molecule has 0 radical (unpaired) electrons. The Labute approximate surface area is 109 Å². The highest BCUT2D eigenvalue weighted by atomic mass is 16.3. The van der Waals surface area contributed by atoms with Crippen molar-refractivity contribution in [3.05, 3.63) is 47.4 Å². The Morgan fingerprint density at radius 3 is 2.42 bits per heavy atom. The van der Waals surface area contributed by atoms with Crippen LogP contribution in [0.5, 0.6) is 0 Å². The molecule has 0 unspecified atom stereocenters. The van der Waals surface area contributed by atoms with Crippen molar-refractivity contribution in [1.82, 2.24) is 4.90 Å². The van der Waals surface area contributed by atoms with Gasteiger partial charge in [0.1, 0.15) is 12.1 Å². The van der Waals surface area contributed by atoms with Crippen LogP contribution in [0.25, 0.3) is 0 Å². The lowest BCUT2D eigenvalue weighted by Crippen LogP contribution is -2.44. The second kappa shape index (κ2) is 5.29. The van der Waals surface area contributed by atoms with Crippen LogP contribution in [0.4, 0.5) is 0 Å². The summed E-state index contributed by atoms with van der Waals surface area (Å²) < 4.78 is 0. The van der Waals surface area contributed by atoms with E-state index in [9.17, 15) is 20.1 Å². The maximum Gasteiger partial charge on any atom is 0.293 e. The minimum Gasteiger partial charge on any atom is -0.506 e. The molecular weight excluding hydrogens is 250 g/mol. The van der Waals surface area contributed by atoms with Gasteiger partial charge in [-0.1, -0.05) is 30.3 Å². The van der Waals surface area contributed by atoms with E-state index in [0.717, 1.165) is 10.5 Å². The van der Waals surface area contributed by atoms with Crippen LogP contribution >= 0.6 is 0 Å². The van der Waals surface area contributed by atoms with Gasteiger partial charge < -0.3 is 25.3 Å². The molecule has 4 N–H and O–H groups in total. The second-order valence-corrected chi connectivity index (χ2v) is 4.35. The van der Waals surface area contributed by atoms with Crippen molar-refractivity contribution in [3.63, 3.8) is 0 Å². The van der Waals surface area contributed by atoms with E-state index in [2.05, 4.69) is 0 Å². The van der Waals surface area contributed by atoms with Gasteiger partial charge in [0, 0.05) is 6.54 Å². The highest BCUT2D eigenvalue weighted by Gasteiger charge is 2.43. The van der Waals surface area contributed by atoms with Crippen LogP contribution in [-0.4, -0.2) is 50.0 Å². The molecule has 1 aromatic rings. The van der Waals surface area contributed by atoms with Crippen molar-refractivity contribution in [1.29, 1.82) is 0 Å². The molecule has 0 fully saturated rings. The van der Waals surface area contributed by atoms with Crippen molar-refractivity contribution in [2.45, 2.75) is 18.7 Å². The van der Waals surface area contributed by atoms with Crippen LogP contribution in [0.1, 0.15) is 5.56 Å². The Balaban J connectivity index is 2.26. The molecule has 2 atom stereocenters. The first-order valence-corrected chi connectivity index (χ1v) is 5.82. The molecule has 6 nitrogen and oxygen atoms in total. The van der Waals surface area contributed by atoms with E-state index in [1.165, 1.54) is 0 Å². The molecule has 0 bridgehead atoms. The Morgan fingerprint density at radius 1 is 1.21 bits per heavy atom. The zero-order valence-corrected chi connectivity index (χ0v) is 10.1. The van der Waals surface area contributed by atoms with E-state index in [4.69, 9.17) is 5.11 Å². The maximum atomic E-state index is 11.8. The molecule has 1 amide bonds. The van der Waals surface area contributed by atoms with Gasteiger partial charge >= 0.3 is 0 Å². The quantitative estimate of drug-likeness (QED) is 0.617. The van der Waals surface area contributed by atoms with Gasteiger partial charge in [0.05, 0.1) is 6.61 Å². The summed E-state index contributed by atoms with van der Waals surface area (Å²) in [5.74, 6) is -2.16. The monoisotopic (exact) mass is 265 g/mol. The Morgan fingerprint density at radius 2 is 1.84 bits per heavy atom. The van der Waals surface area contributed by atoms with E-state index < -0.39 is 36.2 Å². The van der Waals surface area contributed by atoms with Crippen molar-refractivity contribution in [2.24, 2.45) is 0 Å². The molecule has 0 saturated carbocycles. The smallest absolute Gasteiger partial charge is 0.293 e. The highest BCUT2D eigenvalue weighted by molar-refractivity contribution is 5.94. The summed E-state index contributed by atoms with van der Waals surface area (Å²) in [6.45, 7) is -0.504. The van der Waals surface area contributed by atoms with Crippen molar-refractivity contribution < 1.29 is 25.2 Å². The number of nitrogens with zero attached hydrogens (tertiary/aromatic N) is 1. The lowest BCUT2D eigenvalue weighted by molar-refractivity contribution is -0.132. The van der Waals surface area contributed by atoms with E-state index in [1.807, 2.05) is 6.07 Å². The standard InChI is InChI=1S/C13H15NO5/c15-7-9(16)10-11(17)12(18)13(19)14(10)6-8-4-2-1-3-5-8/h1-5,9-10,15-18H,6-7H2/t9-,10+/m0/s1. The number of rotatable bonds is 4. The zero-order chi connectivity index (χ0) is 14.0. The van der Waals surface area contributed by atoms with Gasteiger partial charge in [-0.15, -0.1) is 0 Å². The number of amides is 1. The first-order chi connectivity index (χ1) is 9.06. The zero-order valence-electron chi connectivity index (χ0n) is 10.1. The predicted molar refractivity (Wildman–Crippen MR) is 66.2 cm³/mol. The number of carbonyl (C=O) groups excluding carboxylic acids is 1. The number of aliphatic hydroxyl groups excluding tert-OH is 4. The van der Waals surface area contributed by atoms with Crippen LogP contribution in [-0.2, 0) is 11.3 Å². The summed E-state index contributed by atoms with van der Waals surface area (Å²) in [5, 5.41) is 37.8. The minimum atomic E-state index is -1.35.